The number of amides is 1. The van der Waals surface area contributed by atoms with E-state index in [1.807, 2.05) is 0 Å². The van der Waals surface area contributed by atoms with Crippen molar-refractivity contribution in [2.45, 2.75) is 36.0 Å². The number of hydrogen-bond donors (Lipinski definition) is 3. The number of ether oxygens (including phenoxy) is 2. The van der Waals surface area contributed by atoms with Crippen LogP contribution < -0.4 is 21.3 Å². The van der Waals surface area contributed by atoms with Crippen LogP contribution in [0.15, 0.2) is 27.9 Å². The summed E-state index contributed by atoms with van der Waals surface area (Å²) in [7, 11) is -3.93. The summed E-state index contributed by atoms with van der Waals surface area (Å²) in [5.41, 5.74) is 2.51. The van der Waals surface area contributed by atoms with E-state index in [9.17, 15) is 40.4 Å². The van der Waals surface area contributed by atoms with Gasteiger partial charge in [-0.3, -0.25) is 9.59 Å². The van der Waals surface area contributed by atoms with Gasteiger partial charge in [0, 0.05) is 26.0 Å². The van der Waals surface area contributed by atoms with Crippen molar-refractivity contribution < 1.29 is 45.0 Å². The Hall–Kier alpha value is -3.37. The van der Waals surface area contributed by atoms with Crippen molar-refractivity contribution in [1.29, 1.82) is 0 Å². The highest BCUT2D eigenvalue weighted by molar-refractivity contribution is 7.90. The maximum absolute atomic E-state index is 13.6. The van der Waals surface area contributed by atoms with Crippen LogP contribution in [-0.2, 0) is 31.5 Å². The molecule has 0 bridgehead atoms. The number of rotatable bonds is 6. The van der Waals surface area contributed by atoms with Crippen LogP contribution >= 0.6 is 0 Å². The smallest absolute Gasteiger partial charge is 0.411 e. The van der Waals surface area contributed by atoms with E-state index < -0.39 is 67.7 Å². The maximum Gasteiger partial charge on any atom is 0.491 e. The molecule has 0 saturated carbocycles. The molecule has 3 rings (SSSR count). The highest BCUT2D eigenvalue weighted by Gasteiger charge is 2.43. The number of nitrogens with two attached hydrogens (primary N) is 1. The van der Waals surface area contributed by atoms with E-state index in [1.54, 1.807) is 0 Å². The van der Waals surface area contributed by atoms with Gasteiger partial charge in [-0.2, -0.15) is 13.2 Å². The first-order valence-electron chi connectivity index (χ1n) is 10.2. The first-order chi connectivity index (χ1) is 16.6. The SMILES string of the molecule is CS(=O)(=O)c1cc(F)ccc1CNC(=O)c1nc(C2(N)CCOCC2)[nH]c(=O)c1OC(=O)C(F)(F)F. The molecule has 1 aromatic carbocycles. The largest absolute Gasteiger partial charge is 0.491 e. The number of carbonyl (C=O) groups excluding carboxylic acids is 2. The van der Waals surface area contributed by atoms with Crippen LogP contribution in [0.3, 0.4) is 0 Å². The number of sulfone groups is 1. The molecule has 1 aliphatic heterocycles. The van der Waals surface area contributed by atoms with E-state index in [1.165, 1.54) is 0 Å². The Kier molecular flexibility index (Phi) is 7.52. The van der Waals surface area contributed by atoms with E-state index in [0.717, 1.165) is 24.5 Å². The summed E-state index contributed by atoms with van der Waals surface area (Å²) in [6.45, 7) is -0.212. The van der Waals surface area contributed by atoms with Crippen molar-refractivity contribution in [3.8, 4) is 5.75 Å². The Morgan fingerprint density at radius 2 is 1.92 bits per heavy atom. The van der Waals surface area contributed by atoms with Gasteiger partial charge in [0.2, 0.25) is 5.75 Å². The lowest BCUT2D eigenvalue weighted by Gasteiger charge is -2.32. The number of aromatic nitrogens is 2. The molecule has 36 heavy (non-hydrogen) atoms. The number of hydrogen-bond acceptors (Lipinski definition) is 9. The zero-order valence-corrected chi connectivity index (χ0v) is 19.4. The van der Waals surface area contributed by atoms with Crippen LogP contribution in [0.25, 0.3) is 0 Å². The molecule has 4 N–H and O–H groups in total. The first-order valence-corrected chi connectivity index (χ1v) is 12.1. The normalized spacial score (nSPS) is 15.8. The fraction of sp³-hybridized carbons (Fsp3) is 0.400. The van der Waals surface area contributed by atoms with Gasteiger partial charge in [-0.15, -0.1) is 0 Å². The number of esters is 1. The zero-order chi connectivity index (χ0) is 26.9. The molecule has 0 atom stereocenters. The van der Waals surface area contributed by atoms with Crippen LogP contribution in [0.5, 0.6) is 5.75 Å². The van der Waals surface area contributed by atoms with Crippen LogP contribution in [0.4, 0.5) is 17.6 Å². The third-order valence-corrected chi connectivity index (χ3v) is 6.42. The van der Waals surface area contributed by atoms with Crippen molar-refractivity contribution in [3.05, 3.63) is 51.5 Å². The number of nitrogens with zero attached hydrogens (tertiary/aromatic N) is 1. The summed E-state index contributed by atoms with van der Waals surface area (Å²) in [5.74, 6) is -6.52. The van der Waals surface area contributed by atoms with Gasteiger partial charge in [0.05, 0.1) is 10.4 Å². The number of benzene rings is 1. The Morgan fingerprint density at radius 3 is 2.50 bits per heavy atom. The van der Waals surface area contributed by atoms with Crippen molar-refractivity contribution in [1.82, 2.24) is 15.3 Å². The molecule has 0 radical (unpaired) electrons. The molecule has 0 spiro atoms. The molecule has 2 aromatic rings. The zero-order valence-electron chi connectivity index (χ0n) is 18.6. The summed E-state index contributed by atoms with van der Waals surface area (Å²) in [6, 6.07) is 2.73. The van der Waals surface area contributed by atoms with Crippen LogP contribution in [-0.4, -0.2) is 55.9 Å². The number of aromatic amines is 1. The molecule has 2 heterocycles. The molecule has 1 aliphatic rings. The number of H-pyrrole nitrogens is 1. The number of nitrogens with one attached hydrogen (secondary N) is 2. The standard InChI is InChI=1S/C20H20F4N4O7S/c1-36(32,33)12-8-11(21)3-2-10(12)9-26-15(29)13-14(35-18(31)20(22,23)24)16(30)28-17(27-13)19(25)4-6-34-7-5-19/h2-3,8H,4-7,9,25H2,1H3,(H,26,29)(H,27,28,30). The third kappa shape index (κ3) is 6.06. The average Bonchev–Trinajstić information content (AvgIpc) is 2.78. The van der Waals surface area contributed by atoms with E-state index in [2.05, 4.69) is 20.0 Å². The summed E-state index contributed by atoms with van der Waals surface area (Å²) >= 11 is 0. The van der Waals surface area contributed by atoms with Crippen molar-refractivity contribution in [2.75, 3.05) is 19.5 Å². The number of halogens is 4. The topological polar surface area (TPSA) is 171 Å². The molecule has 0 unspecified atom stereocenters. The molecule has 196 valence electrons. The summed E-state index contributed by atoms with van der Waals surface area (Å²) in [6.07, 6.45) is -4.40. The van der Waals surface area contributed by atoms with Gasteiger partial charge in [0.25, 0.3) is 11.5 Å². The molecule has 1 amide bonds. The van der Waals surface area contributed by atoms with Gasteiger partial charge >= 0.3 is 12.1 Å². The fourth-order valence-corrected chi connectivity index (χ4v) is 4.29. The lowest BCUT2D eigenvalue weighted by molar-refractivity contribution is -0.189. The van der Waals surface area contributed by atoms with E-state index in [-0.39, 0.29) is 37.4 Å². The Labute approximate surface area is 200 Å². The third-order valence-electron chi connectivity index (χ3n) is 5.24. The highest BCUT2D eigenvalue weighted by atomic mass is 32.2. The Bertz CT molecular complexity index is 1350. The van der Waals surface area contributed by atoms with Crippen molar-refractivity contribution in [3.63, 3.8) is 0 Å². The maximum atomic E-state index is 13.6. The minimum Gasteiger partial charge on any atom is -0.411 e. The molecule has 1 fully saturated rings. The van der Waals surface area contributed by atoms with Crippen LogP contribution in [0.2, 0.25) is 0 Å². The second kappa shape index (κ2) is 9.94. The van der Waals surface area contributed by atoms with Crippen molar-refractivity contribution in [2.24, 2.45) is 5.73 Å². The highest BCUT2D eigenvalue weighted by Crippen LogP contribution is 2.28. The Morgan fingerprint density at radius 1 is 1.28 bits per heavy atom. The van der Waals surface area contributed by atoms with E-state index in [4.69, 9.17) is 10.5 Å². The minimum absolute atomic E-state index is 0.0640. The summed E-state index contributed by atoms with van der Waals surface area (Å²) in [4.78, 5) is 42.5. The molecule has 0 aliphatic carbocycles. The van der Waals surface area contributed by atoms with Gasteiger partial charge in [-0.25, -0.2) is 22.6 Å². The predicted molar refractivity (Wildman–Crippen MR) is 113 cm³/mol. The second-order valence-electron chi connectivity index (χ2n) is 7.95. The second-order valence-corrected chi connectivity index (χ2v) is 9.94. The average molecular weight is 536 g/mol. The lowest BCUT2D eigenvalue weighted by Crippen LogP contribution is -2.45. The number of carbonyl (C=O) groups is 2. The van der Waals surface area contributed by atoms with Gasteiger partial charge < -0.3 is 25.5 Å². The van der Waals surface area contributed by atoms with Crippen molar-refractivity contribution >= 4 is 21.7 Å². The predicted octanol–water partition coefficient (Wildman–Crippen LogP) is 0.675. The fourth-order valence-electron chi connectivity index (χ4n) is 3.35. The quantitative estimate of drug-likeness (QED) is 0.355. The van der Waals surface area contributed by atoms with Crippen LogP contribution in [0, 0.1) is 5.82 Å². The van der Waals surface area contributed by atoms with Crippen LogP contribution in [0.1, 0.15) is 34.7 Å². The molecular weight excluding hydrogens is 516 g/mol. The summed E-state index contributed by atoms with van der Waals surface area (Å²) < 4.78 is 85.1. The van der Waals surface area contributed by atoms with E-state index >= 15 is 0 Å². The number of alkyl halides is 3. The van der Waals surface area contributed by atoms with Gasteiger partial charge in [0.1, 0.15) is 11.6 Å². The molecule has 1 aromatic heterocycles. The Balaban J connectivity index is 2.02. The molecule has 11 nitrogen and oxygen atoms in total. The first kappa shape index (κ1) is 27.2. The molecule has 16 heteroatoms. The summed E-state index contributed by atoms with van der Waals surface area (Å²) in [5, 5.41) is 2.19. The molecule has 1 saturated heterocycles. The monoisotopic (exact) mass is 536 g/mol. The van der Waals surface area contributed by atoms with Gasteiger partial charge in [-0.05, 0) is 30.5 Å². The van der Waals surface area contributed by atoms with E-state index in [0.29, 0.717) is 0 Å². The van der Waals surface area contributed by atoms with Gasteiger partial charge in [0.15, 0.2) is 15.5 Å². The minimum atomic E-state index is -5.49. The molecular formula is C20H20F4N4O7S. The lowest BCUT2D eigenvalue weighted by atomic mass is 9.90. The van der Waals surface area contributed by atoms with Gasteiger partial charge in [-0.1, -0.05) is 6.07 Å².